The van der Waals surface area contributed by atoms with E-state index in [4.69, 9.17) is 0 Å². The van der Waals surface area contributed by atoms with E-state index in [2.05, 4.69) is 68.5 Å². The van der Waals surface area contributed by atoms with Crippen molar-refractivity contribution in [3.8, 4) is 0 Å². The number of rotatable bonds is 4. The first-order valence-corrected chi connectivity index (χ1v) is 13.5. The molecule has 176 valence electrons. The summed E-state index contributed by atoms with van der Waals surface area (Å²) >= 11 is 0. The van der Waals surface area contributed by atoms with Gasteiger partial charge in [-0.25, -0.2) is 0 Å². The molecule has 0 aliphatic heterocycles. The van der Waals surface area contributed by atoms with Crippen LogP contribution in [0.25, 0.3) is 0 Å². The van der Waals surface area contributed by atoms with E-state index in [0.717, 1.165) is 47.3 Å². The Morgan fingerprint density at radius 3 is 0.667 bits per heavy atom. The van der Waals surface area contributed by atoms with E-state index in [0.29, 0.717) is 23.7 Å². The first-order chi connectivity index (χ1) is 17.9. The van der Waals surface area contributed by atoms with E-state index in [1.54, 1.807) is 0 Å². The molecule has 5 saturated carbocycles. The highest BCUT2D eigenvalue weighted by molar-refractivity contribution is 5.46. The summed E-state index contributed by atoms with van der Waals surface area (Å²) in [5.74, 6) is 9.42. The largest absolute Gasteiger partial charge is 0.265 e. The maximum Gasteiger partial charge on any atom is 0.0270 e. The lowest BCUT2D eigenvalue weighted by atomic mass is 9.15. The van der Waals surface area contributed by atoms with Crippen LogP contribution in [0.2, 0.25) is 0 Å². The Balaban J connectivity index is 1.09. The summed E-state index contributed by atoms with van der Waals surface area (Å²) in [5.41, 5.74) is 5.94. The van der Waals surface area contributed by atoms with Crippen LogP contribution in [0.3, 0.4) is 0 Å². The highest BCUT2D eigenvalue weighted by atomic mass is 14.9. The van der Waals surface area contributed by atoms with Crippen LogP contribution in [0.1, 0.15) is 45.9 Å². The van der Waals surface area contributed by atoms with Crippen molar-refractivity contribution in [2.24, 2.45) is 47.3 Å². The monoisotopic (exact) mass is 468 g/mol. The molecule has 9 rings (SSSR count). The fraction of sp³-hybridized carbons (Fsp3) is 0.375. The van der Waals surface area contributed by atoms with Crippen LogP contribution < -0.4 is 0 Å². The second-order valence-corrected chi connectivity index (χ2v) is 11.8. The molecule has 5 fully saturated rings. The minimum absolute atomic E-state index is 0.622. The van der Waals surface area contributed by atoms with Crippen LogP contribution in [0.5, 0.6) is 0 Å². The van der Waals surface area contributed by atoms with Gasteiger partial charge in [0.25, 0.3) is 0 Å². The summed E-state index contributed by atoms with van der Waals surface area (Å²) in [6.07, 6.45) is 15.9. The van der Waals surface area contributed by atoms with Gasteiger partial charge in [0.15, 0.2) is 0 Å². The molecule has 0 radical (unpaired) electrons. The predicted octanol–water partition coefficient (Wildman–Crippen LogP) is 5.70. The zero-order valence-corrected chi connectivity index (χ0v) is 20.0. The lowest BCUT2D eigenvalue weighted by molar-refractivity contribution is -0.383. The van der Waals surface area contributed by atoms with Crippen molar-refractivity contribution in [3.05, 3.63) is 120 Å². The molecule has 4 aromatic rings. The Morgan fingerprint density at radius 1 is 0.278 bits per heavy atom. The number of hydrogen-bond donors (Lipinski definition) is 0. The smallest absolute Gasteiger partial charge is 0.0270 e. The number of nitrogens with zero attached hydrogens (tertiary/aromatic N) is 4. The molecular formula is C32H28N4. The van der Waals surface area contributed by atoms with Gasteiger partial charge in [0.05, 0.1) is 0 Å². The second-order valence-electron chi connectivity index (χ2n) is 11.8. The molecule has 0 aromatic carbocycles. The van der Waals surface area contributed by atoms with Crippen LogP contribution in [-0.2, 0) is 0 Å². The van der Waals surface area contributed by atoms with Crippen LogP contribution in [-0.4, -0.2) is 19.9 Å². The molecule has 4 aromatic heterocycles. The van der Waals surface area contributed by atoms with Crippen LogP contribution in [0.15, 0.2) is 98.1 Å². The minimum Gasteiger partial charge on any atom is -0.265 e. The molecule has 5 aliphatic rings. The molecule has 0 bridgehead atoms. The fourth-order valence-electron chi connectivity index (χ4n) is 10.3. The van der Waals surface area contributed by atoms with Gasteiger partial charge < -0.3 is 0 Å². The Bertz CT molecular complexity index is 1180. The molecule has 36 heavy (non-hydrogen) atoms. The van der Waals surface area contributed by atoms with E-state index in [1.807, 2.05) is 49.6 Å². The molecule has 4 heteroatoms. The molecule has 0 N–H and O–H groups in total. The third-order valence-electron chi connectivity index (χ3n) is 11.2. The highest BCUT2D eigenvalue weighted by Crippen LogP contribution is 2.90. The third kappa shape index (κ3) is 2.27. The minimum atomic E-state index is 0.622. The summed E-state index contributed by atoms with van der Waals surface area (Å²) in [4.78, 5) is 17.3. The van der Waals surface area contributed by atoms with Crippen molar-refractivity contribution in [3.63, 3.8) is 0 Å². The van der Waals surface area contributed by atoms with Gasteiger partial charge in [0.2, 0.25) is 0 Å². The van der Waals surface area contributed by atoms with Crippen molar-refractivity contribution in [1.29, 1.82) is 0 Å². The average molecular weight is 469 g/mol. The lowest BCUT2D eigenvalue weighted by Gasteiger charge is -2.88. The summed E-state index contributed by atoms with van der Waals surface area (Å²) in [5, 5.41) is 0. The van der Waals surface area contributed by atoms with Gasteiger partial charge in [0.1, 0.15) is 0 Å². The summed E-state index contributed by atoms with van der Waals surface area (Å²) in [6, 6.07) is 18.1. The molecule has 0 saturated heterocycles. The second kappa shape index (κ2) is 7.09. The molecule has 8 atom stereocenters. The van der Waals surface area contributed by atoms with Gasteiger partial charge in [0, 0.05) is 49.6 Å². The van der Waals surface area contributed by atoms with Gasteiger partial charge in [-0.15, -0.1) is 0 Å². The zero-order valence-electron chi connectivity index (χ0n) is 20.0. The van der Waals surface area contributed by atoms with E-state index in [-0.39, 0.29) is 0 Å². The molecule has 0 amide bonds. The lowest BCUT2D eigenvalue weighted by Crippen LogP contribution is -2.84. The SMILES string of the molecule is c1cc(C2C(c3ccncc3)C3C2C2C3C3C4C(c5ccncc5)C(c5ccncc5)C4C23)ccn1. The molecular weight excluding hydrogens is 440 g/mol. The Morgan fingerprint density at radius 2 is 0.472 bits per heavy atom. The van der Waals surface area contributed by atoms with Gasteiger partial charge in [-0.05, 0) is 142 Å². The molecule has 4 heterocycles. The number of fused-ring (bicyclic) bond motifs is 10. The zero-order chi connectivity index (χ0) is 23.4. The highest BCUT2D eigenvalue weighted by Gasteiger charge is 2.85. The maximum absolute atomic E-state index is 4.32. The summed E-state index contributed by atoms with van der Waals surface area (Å²) in [6.45, 7) is 0. The van der Waals surface area contributed by atoms with Crippen molar-refractivity contribution in [2.75, 3.05) is 0 Å². The first kappa shape index (κ1) is 19.7. The van der Waals surface area contributed by atoms with Crippen molar-refractivity contribution in [1.82, 2.24) is 19.9 Å². The van der Waals surface area contributed by atoms with E-state index >= 15 is 0 Å². The summed E-state index contributed by atoms with van der Waals surface area (Å²) < 4.78 is 0. The number of pyridine rings is 4. The molecule has 5 aliphatic carbocycles. The van der Waals surface area contributed by atoms with Gasteiger partial charge >= 0.3 is 0 Å². The summed E-state index contributed by atoms with van der Waals surface area (Å²) in [7, 11) is 0. The van der Waals surface area contributed by atoms with Crippen molar-refractivity contribution in [2.45, 2.75) is 23.7 Å². The molecule has 8 unspecified atom stereocenters. The quantitative estimate of drug-likeness (QED) is 0.361. The number of hydrogen-bond acceptors (Lipinski definition) is 4. The maximum atomic E-state index is 4.32. The predicted molar refractivity (Wildman–Crippen MR) is 136 cm³/mol. The van der Waals surface area contributed by atoms with E-state index in [9.17, 15) is 0 Å². The standard InChI is InChI=1S/C32H28N4/c1-9-33-10-2-17(1)21-22(18-3-11-34-12-4-18)26-25(21)29-30(26)32-28-24(20-7-15-36-16-8-20)23(27(28)31(29)32)19-5-13-35-14-6-19/h1-16,21-32H. The average Bonchev–Trinajstić information content (AvgIpc) is 2.92. The van der Waals surface area contributed by atoms with Gasteiger partial charge in [-0.1, -0.05) is 0 Å². The topological polar surface area (TPSA) is 51.6 Å². The molecule has 4 nitrogen and oxygen atoms in total. The van der Waals surface area contributed by atoms with Crippen LogP contribution >= 0.6 is 0 Å². The van der Waals surface area contributed by atoms with Gasteiger partial charge in [-0.3, -0.25) is 19.9 Å². The van der Waals surface area contributed by atoms with Gasteiger partial charge in [-0.2, -0.15) is 0 Å². The fourth-order valence-corrected chi connectivity index (χ4v) is 10.3. The molecule has 0 spiro atoms. The first-order valence-electron chi connectivity index (χ1n) is 13.5. The Labute approximate surface area is 211 Å². The normalized spacial score (nSPS) is 42.4. The van der Waals surface area contributed by atoms with Crippen LogP contribution in [0.4, 0.5) is 0 Å². The van der Waals surface area contributed by atoms with E-state index in [1.165, 1.54) is 22.3 Å². The van der Waals surface area contributed by atoms with E-state index < -0.39 is 0 Å². The number of aromatic nitrogens is 4. The Hall–Kier alpha value is -3.40. The van der Waals surface area contributed by atoms with Crippen LogP contribution in [0, 0.1) is 47.3 Å². The van der Waals surface area contributed by atoms with Crippen molar-refractivity contribution >= 4 is 0 Å². The Kier molecular flexibility index (Phi) is 3.89. The third-order valence-corrected chi connectivity index (χ3v) is 11.2. The van der Waals surface area contributed by atoms with Crippen molar-refractivity contribution < 1.29 is 0 Å².